The number of fused-ring (bicyclic) bond motifs is 2. The van der Waals surface area contributed by atoms with E-state index in [0.717, 1.165) is 6.42 Å². The van der Waals surface area contributed by atoms with E-state index in [0.29, 0.717) is 5.92 Å². The zero-order valence-electron chi connectivity index (χ0n) is 18.3. The van der Waals surface area contributed by atoms with Crippen LogP contribution in [-0.2, 0) is 5.41 Å². The Bertz CT molecular complexity index is 1290. The smallest absolute Gasteiger partial charge is 0.0716 e. The van der Waals surface area contributed by atoms with Crippen LogP contribution in [0.25, 0.3) is 16.7 Å². The van der Waals surface area contributed by atoms with Gasteiger partial charge >= 0.3 is 0 Å². The third-order valence-electron chi connectivity index (χ3n) is 7.19. The van der Waals surface area contributed by atoms with E-state index in [-0.39, 0.29) is 5.41 Å². The van der Waals surface area contributed by atoms with Crippen LogP contribution in [0.15, 0.2) is 127 Å². The first-order valence-electron chi connectivity index (χ1n) is 11.5. The summed E-state index contributed by atoms with van der Waals surface area (Å²) in [5.74, 6) is 0.495. The lowest BCUT2D eigenvalue weighted by molar-refractivity contribution is 0.722. The van der Waals surface area contributed by atoms with E-state index >= 15 is 0 Å². The fraction of sp³-hybridized carbons (Fsp3) is 0.125. The predicted octanol–water partition coefficient (Wildman–Crippen LogP) is 8.05. The molecule has 0 nitrogen and oxygen atoms in total. The summed E-state index contributed by atoms with van der Waals surface area (Å²) < 4.78 is 0. The van der Waals surface area contributed by atoms with Crippen molar-refractivity contribution in [2.75, 3.05) is 0 Å². The van der Waals surface area contributed by atoms with Crippen molar-refractivity contribution in [1.29, 1.82) is 0 Å². The van der Waals surface area contributed by atoms with Crippen LogP contribution in [-0.4, -0.2) is 0 Å². The summed E-state index contributed by atoms with van der Waals surface area (Å²) in [6.45, 7) is 2.38. The number of rotatable bonds is 3. The molecule has 4 aromatic carbocycles. The minimum absolute atomic E-state index is 0.329. The second kappa shape index (κ2) is 7.50. The predicted molar refractivity (Wildman–Crippen MR) is 134 cm³/mol. The summed E-state index contributed by atoms with van der Waals surface area (Å²) in [6.07, 6.45) is 5.87. The third-order valence-corrected chi connectivity index (χ3v) is 7.19. The van der Waals surface area contributed by atoms with Gasteiger partial charge in [-0.05, 0) is 56.9 Å². The number of allylic oxidation sites excluding steroid dienone is 4. The first-order chi connectivity index (χ1) is 15.8. The van der Waals surface area contributed by atoms with Gasteiger partial charge in [-0.15, -0.1) is 0 Å². The molecule has 0 fully saturated rings. The molecule has 0 bridgehead atoms. The van der Waals surface area contributed by atoms with E-state index in [4.69, 9.17) is 0 Å². The lowest BCUT2D eigenvalue weighted by Gasteiger charge is -2.37. The van der Waals surface area contributed by atoms with Gasteiger partial charge in [-0.1, -0.05) is 128 Å². The fourth-order valence-electron chi connectivity index (χ4n) is 5.92. The fourth-order valence-corrected chi connectivity index (χ4v) is 5.92. The summed E-state index contributed by atoms with van der Waals surface area (Å²) >= 11 is 0. The van der Waals surface area contributed by atoms with Gasteiger partial charge < -0.3 is 0 Å². The molecular formula is C32H26. The molecular weight excluding hydrogens is 384 g/mol. The summed E-state index contributed by atoms with van der Waals surface area (Å²) in [5, 5.41) is 0. The maximum absolute atomic E-state index is 2.41. The quantitative estimate of drug-likeness (QED) is 0.320. The highest BCUT2D eigenvalue weighted by Crippen LogP contribution is 2.60. The maximum Gasteiger partial charge on any atom is 0.0716 e. The van der Waals surface area contributed by atoms with Gasteiger partial charge in [0.15, 0.2) is 0 Å². The van der Waals surface area contributed by atoms with Gasteiger partial charge in [0.25, 0.3) is 0 Å². The van der Waals surface area contributed by atoms with Crippen molar-refractivity contribution in [3.05, 3.63) is 149 Å². The van der Waals surface area contributed by atoms with Crippen molar-refractivity contribution >= 4 is 5.57 Å². The van der Waals surface area contributed by atoms with Crippen LogP contribution in [0.5, 0.6) is 0 Å². The highest BCUT2D eigenvalue weighted by molar-refractivity contribution is 5.93. The highest BCUT2D eigenvalue weighted by atomic mass is 14.5. The van der Waals surface area contributed by atoms with Crippen molar-refractivity contribution in [2.45, 2.75) is 18.8 Å². The van der Waals surface area contributed by atoms with Crippen LogP contribution in [0.3, 0.4) is 0 Å². The Balaban J connectivity index is 1.81. The van der Waals surface area contributed by atoms with E-state index < -0.39 is 0 Å². The Labute approximate surface area is 190 Å². The molecule has 6 rings (SSSR count). The van der Waals surface area contributed by atoms with Gasteiger partial charge in [0, 0.05) is 0 Å². The number of hydrogen-bond acceptors (Lipinski definition) is 0. The van der Waals surface area contributed by atoms with Crippen LogP contribution >= 0.6 is 0 Å². The number of benzene rings is 4. The highest BCUT2D eigenvalue weighted by Gasteiger charge is 2.49. The van der Waals surface area contributed by atoms with Gasteiger partial charge in [0.05, 0.1) is 5.41 Å². The average Bonchev–Trinajstić information content (AvgIpc) is 3.18. The van der Waals surface area contributed by atoms with E-state index in [1.54, 1.807) is 0 Å². The Kier molecular flexibility index (Phi) is 4.47. The molecule has 2 aliphatic carbocycles. The minimum Gasteiger partial charge on any atom is -0.0836 e. The topological polar surface area (TPSA) is 0 Å². The SMILES string of the molecule is CC1CC=CC2=C1c1cccc(-c3ccccc3)c1C2(c1ccccc1)c1ccccc1. The standard InChI is InChI=1S/C32H26/c1-23-13-11-22-29-30(23)28-21-12-20-27(24-14-5-2-6-15-24)31(28)32(29,25-16-7-3-8-17-25)26-18-9-4-10-19-26/h2-12,14-23H,13H2,1H3. The normalized spacial score (nSPS) is 18.3. The molecule has 0 saturated carbocycles. The summed E-state index contributed by atoms with van der Waals surface area (Å²) in [5.41, 5.74) is 10.7. The monoisotopic (exact) mass is 410 g/mol. The Morgan fingerprint density at radius 2 is 1.19 bits per heavy atom. The first kappa shape index (κ1) is 19.1. The molecule has 154 valence electrons. The molecule has 0 aromatic heterocycles. The van der Waals surface area contributed by atoms with Crippen LogP contribution < -0.4 is 0 Å². The molecule has 0 N–H and O–H groups in total. The Morgan fingerprint density at radius 1 is 0.625 bits per heavy atom. The molecule has 0 heteroatoms. The molecule has 0 radical (unpaired) electrons. The largest absolute Gasteiger partial charge is 0.0836 e. The molecule has 0 amide bonds. The molecule has 2 aliphatic rings. The summed E-state index contributed by atoms with van der Waals surface area (Å²) in [4.78, 5) is 0. The lowest BCUT2D eigenvalue weighted by Crippen LogP contribution is -2.30. The van der Waals surface area contributed by atoms with Gasteiger partial charge in [0.1, 0.15) is 0 Å². The van der Waals surface area contributed by atoms with Crippen LogP contribution in [0.4, 0.5) is 0 Å². The molecule has 0 saturated heterocycles. The van der Waals surface area contributed by atoms with E-state index in [2.05, 4.69) is 128 Å². The van der Waals surface area contributed by atoms with Gasteiger partial charge in [0.2, 0.25) is 0 Å². The molecule has 1 atom stereocenters. The van der Waals surface area contributed by atoms with E-state index in [9.17, 15) is 0 Å². The van der Waals surface area contributed by atoms with Gasteiger partial charge in [-0.25, -0.2) is 0 Å². The second-order valence-corrected chi connectivity index (χ2v) is 8.94. The summed E-state index contributed by atoms with van der Waals surface area (Å²) in [7, 11) is 0. The van der Waals surface area contributed by atoms with Crippen molar-refractivity contribution in [2.24, 2.45) is 5.92 Å². The van der Waals surface area contributed by atoms with Gasteiger partial charge in [-0.3, -0.25) is 0 Å². The molecule has 0 aliphatic heterocycles. The molecule has 32 heavy (non-hydrogen) atoms. The van der Waals surface area contributed by atoms with E-state index in [1.165, 1.54) is 44.5 Å². The second-order valence-electron chi connectivity index (χ2n) is 8.94. The summed E-state index contributed by atoms with van der Waals surface area (Å²) in [6, 6.07) is 40.0. The zero-order chi connectivity index (χ0) is 21.5. The molecule has 1 unspecified atom stereocenters. The Hall–Kier alpha value is -3.64. The third kappa shape index (κ3) is 2.63. The van der Waals surface area contributed by atoms with Crippen LogP contribution in [0.2, 0.25) is 0 Å². The number of hydrogen-bond donors (Lipinski definition) is 0. The van der Waals surface area contributed by atoms with E-state index in [1.807, 2.05) is 0 Å². The van der Waals surface area contributed by atoms with Crippen LogP contribution in [0.1, 0.15) is 35.6 Å². The molecule has 4 aromatic rings. The molecule has 0 spiro atoms. The lowest BCUT2D eigenvalue weighted by atomic mass is 9.64. The van der Waals surface area contributed by atoms with Crippen molar-refractivity contribution in [3.63, 3.8) is 0 Å². The van der Waals surface area contributed by atoms with Crippen LogP contribution in [0, 0.1) is 5.92 Å². The van der Waals surface area contributed by atoms with Gasteiger partial charge in [-0.2, -0.15) is 0 Å². The maximum atomic E-state index is 2.41. The molecule has 0 heterocycles. The van der Waals surface area contributed by atoms with Crippen molar-refractivity contribution in [1.82, 2.24) is 0 Å². The van der Waals surface area contributed by atoms with Crippen molar-refractivity contribution < 1.29 is 0 Å². The first-order valence-corrected chi connectivity index (χ1v) is 11.5. The minimum atomic E-state index is -0.329. The van der Waals surface area contributed by atoms with Crippen molar-refractivity contribution in [3.8, 4) is 11.1 Å². The Morgan fingerprint density at radius 3 is 1.81 bits per heavy atom. The zero-order valence-corrected chi connectivity index (χ0v) is 18.3. The average molecular weight is 411 g/mol.